The van der Waals surface area contributed by atoms with E-state index >= 15 is 0 Å². The average molecular weight is 377 g/mol. The van der Waals surface area contributed by atoms with Crippen LogP contribution in [0.4, 0.5) is 11.6 Å². The van der Waals surface area contributed by atoms with Crippen LogP contribution in [0, 0.1) is 0 Å². The second-order valence-electron chi connectivity index (χ2n) is 7.65. The number of hydrogen-bond acceptors (Lipinski definition) is 7. The van der Waals surface area contributed by atoms with Gasteiger partial charge in [0.1, 0.15) is 18.0 Å². The molecule has 1 N–H and O–H groups in total. The fourth-order valence-corrected chi connectivity index (χ4v) is 3.71. The summed E-state index contributed by atoms with van der Waals surface area (Å²) in [6.07, 6.45) is 4.46. The lowest BCUT2D eigenvalue weighted by Crippen LogP contribution is -2.48. The summed E-state index contributed by atoms with van der Waals surface area (Å²) in [5.41, 5.74) is 0. The zero-order valence-electron chi connectivity index (χ0n) is 16.7. The fraction of sp³-hybridized carbons (Fsp3) is 0.737. The van der Waals surface area contributed by atoms with E-state index < -0.39 is 0 Å². The fourth-order valence-electron chi connectivity index (χ4n) is 3.71. The van der Waals surface area contributed by atoms with Crippen molar-refractivity contribution in [3.8, 4) is 0 Å². The predicted molar refractivity (Wildman–Crippen MR) is 106 cm³/mol. The van der Waals surface area contributed by atoms with E-state index in [-0.39, 0.29) is 5.91 Å². The number of ether oxygens (including phenoxy) is 1. The summed E-state index contributed by atoms with van der Waals surface area (Å²) in [6.45, 7) is 10.2. The van der Waals surface area contributed by atoms with Crippen LogP contribution >= 0.6 is 0 Å². The highest BCUT2D eigenvalue weighted by Gasteiger charge is 2.22. The van der Waals surface area contributed by atoms with Crippen molar-refractivity contribution in [1.82, 2.24) is 19.8 Å². The first-order valence-electron chi connectivity index (χ1n) is 9.94. The van der Waals surface area contributed by atoms with Crippen LogP contribution in [0.5, 0.6) is 0 Å². The molecule has 2 aliphatic heterocycles. The second-order valence-corrected chi connectivity index (χ2v) is 7.65. The normalized spacial score (nSPS) is 24.3. The highest BCUT2D eigenvalue weighted by atomic mass is 16.5. The highest BCUT2D eigenvalue weighted by molar-refractivity contribution is 5.82. The van der Waals surface area contributed by atoms with Crippen molar-refractivity contribution >= 4 is 17.5 Å². The number of piperazine rings is 1. The van der Waals surface area contributed by atoms with Crippen LogP contribution in [0.25, 0.3) is 0 Å². The molecule has 150 valence electrons. The van der Waals surface area contributed by atoms with Gasteiger partial charge in [-0.1, -0.05) is 0 Å². The molecule has 0 bridgehead atoms. The number of anilines is 2. The average Bonchev–Trinajstić information content (AvgIpc) is 2.63. The van der Waals surface area contributed by atoms with E-state index in [1.165, 1.54) is 0 Å². The molecule has 3 rings (SSSR count). The van der Waals surface area contributed by atoms with E-state index in [4.69, 9.17) is 4.74 Å². The SMILES string of the molecule is CC1CN(CCCCNc2cc(N3CCN(C)C(=O)C3)ncn2)CC(C)O1. The van der Waals surface area contributed by atoms with Crippen molar-refractivity contribution in [2.45, 2.75) is 38.9 Å². The minimum atomic E-state index is 0.126. The Balaban J connectivity index is 1.39. The van der Waals surface area contributed by atoms with Gasteiger partial charge < -0.3 is 19.9 Å². The summed E-state index contributed by atoms with van der Waals surface area (Å²) in [7, 11) is 1.84. The van der Waals surface area contributed by atoms with Gasteiger partial charge in [-0.25, -0.2) is 9.97 Å². The van der Waals surface area contributed by atoms with E-state index in [1.54, 1.807) is 11.2 Å². The van der Waals surface area contributed by atoms with Crippen LogP contribution in [-0.4, -0.2) is 90.7 Å². The minimum absolute atomic E-state index is 0.126. The third kappa shape index (κ3) is 5.77. The molecule has 27 heavy (non-hydrogen) atoms. The third-order valence-corrected chi connectivity index (χ3v) is 5.14. The first kappa shape index (κ1) is 19.8. The maximum atomic E-state index is 11.9. The Morgan fingerprint density at radius 2 is 1.96 bits per heavy atom. The van der Waals surface area contributed by atoms with Crippen molar-refractivity contribution in [2.24, 2.45) is 0 Å². The molecule has 0 radical (unpaired) electrons. The molecule has 1 amide bonds. The number of nitrogens with zero attached hydrogens (tertiary/aromatic N) is 5. The van der Waals surface area contributed by atoms with Crippen LogP contribution in [0.3, 0.4) is 0 Å². The number of aromatic nitrogens is 2. The Bertz CT molecular complexity index is 618. The van der Waals surface area contributed by atoms with E-state index in [2.05, 4.69) is 34.0 Å². The highest BCUT2D eigenvalue weighted by Crippen LogP contribution is 2.16. The molecule has 1 aromatic heterocycles. The molecular weight excluding hydrogens is 344 g/mol. The molecule has 2 atom stereocenters. The van der Waals surface area contributed by atoms with Crippen LogP contribution in [0.2, 0.25) is 0 Å². The van der Waals surface area contributed by atoms with Gasteiger partial charge in [-0.15, -0.1) is 0 Å². The van der Waals surface area contributed by atoms with E-state index in [0.29, 0.717) is 18.8 Å². The number of unbranched alkanes of at least 4 members (excludes halogenated alkanes) is 1. The van der Waals surface area contributed by atoms with E-state index in [1.807, 2.05) is 18.0 Å². The Kier molecular flexibility index (Phi) is 6.84. The summed E-state index contributed by atoms with van der Waals surface area (Å²) < 4.78 is 5.78. The number of morpholine rings is 1. The molecule has 0 aliphatic carbocycles. The molecule has 2 fully saturated rings. The van der Waals surface area contributed by atoms with Gasteiger partial charge in [0.2, 0.25) is 5.91 Å². The molecule has 3 heterocycles. The summed E-state index contributed by atoms with van der Waals surface area (Å²) in [5, 5.41) is 3.38. The van der Waals surface area contributed by atoms with Gasteiger partial charge in [0.15, 0.2) is 0 Å². The lowest BCUT2D eigenvalue weighted by atomic mass is 10.2. The smallest absolute Gasteiger partial charge is 0.241 e. The van der Waals surface area contributed by atoms with Crippen LogP contribution in [0.15, 0.2) is 12.4 Å². The monoisotopic (exact) mass is 376 g/mol. The number of nitrogens with one attached hydrogen (secondary N) is 1. The maximum absolute atomic E-state index is 11.9. The van der Waals surface area contributed by atoms with Gasteiger partial charge >= 0.3 is 0 Å². The number of carbonyl (C=O) groups is 1. The van der Waals surface area contributed by atoms with Gasteiger partial charge in [0.05, 0.1) is 18.8 Å². The molecule has 1 aromatic rings. The minimum Gasteiger partial charge on any atom is -0.373 e. The largest absolute Gasteiger partial charge is 0.373 e. The number of hydrogen-bond donors (Lipinski definition) is 1. The molecule has 2 aliphatic rings. The molecule has 0 saturated carbocycles. The number of amides is 1. The molecule has 0 spiro atoms. The number of rotatable bonds is 7. The summed E-state index contributed by atoms with van der Waals surface area (Å²) >= 11 is 0. The zero-order chi connectivity index (χ0) is 19.2. The van der Waals surface area contributed by atoms with Crippen LogP contribution in [-0.2, 0) is 9.53 Å². The molecule has 2 unspecified atom stereocenters. The van der Waals surface area contributed by atoms with Gasteiger partial charge in [0.25, 0.3) is 0 Å². The van der Waals surface area contributed by atoms with E-state index in [9.17, 15) is 4.79 Å². The first-order chi connectivity index (χ1) is 13.0. The maximum Gasteiger partial charge on any atom is 0.241 e. The topological polar surface area (TPSA) is 73.8 Å². The summed E-state index contributed by atoms with van der Waals surface area (Å²) in [4.78, 5) is 26.8. The van der Waals surface area contributed by atoms with Crippen molar-refractivity contribution in [2.75, 3.05) is 63.1 Å². The van der Waals surface area contributed by atoms with Crippen molar-refractivity contribution in [1.29, 1.82) is 0 Å². The van der Waals surface area contributed by atoms with Crippen molar-refractivity contribution in [3.05, 3.63) is 12.4 Å². The third-order valence-electron chi connectivity index (χ3n) is 5.14. The molecule has 8 heteroatoms. The van der Waals surface area contributed by atoms with E-state index in [0.717, 1.165) is 63.7 Å². The summed E-state index contributed by atoms with van der Waals surface area (Å²) in [6, 6.07) is 1.93. The Morgan fingerprint density at radius 3 is 2.70 bits per heavy atom. The first-order valence-corrected chi connectivity index (χ1v) is 9.94. The molecular formula is C19H32N6O2. The van der Waals surface area contributed by atoms with Crippen LogP contribution in [0.1, 0.15) is 26.7 Å². The van der Waals surface area contributed by atoms with Crippen LogP contribution < -0.4 is 10.2 Å². The Labute approximate surface area is 161 Å². The van der Waals surface area contributed by atoms with Gasteiger partial charge in [-0.3, -0.25) is 9.69 Å². The molecule has 8 nitrogen and oxygen atoms in total. The number of likely N-dealkylation sites (N-methyl/N-ethyl adjacent to an activating group) is 1. The lowest BCUT2D eigenvalue weighted by molar-refractivity contribution is -0.129. The van der Waals surface area contributed by atoms with Gasteiger partial charge in [-0.2, -0.15) is 0 Å². The quantitative estimate of drug-likeness (QED) is 0.713. The van der Waals surface area contributed by atoms with Crippen molar-refractivity contribution in [3.63, 3.8) is 0 Å². The van der Waals surface area contributed by atoms with Crippen molar-refractivity contribution < 1.29 is 9.53 Å². The number of carbonyl (C=O) groups excluding carboxylic acids is 1. The Morgan fingerprint density at radius 1 is 1.19 bits per heavy atom. The second kappa shape index (κ2) is 9.32. The standard InChI is InChI=1S/C19H32N6O2/c1-15-11-24(12-16(2)27-15)7-5-4-6-20-17-10-18(22-14-21-17)25-9-8-23(3)19(26)13-25/h10,14-16H,4-9,11-13H2,1-3H3,(H,20,21,22). The van der Waals surface area contributed by atoms with Gasteiger partial charge in [0, 0.05) is 45.8 Å². The summed E-state index contributed by atoms with van der Waals surface area (Å²) in [5.74, 6) is 1.76. The zero-order valence-corrected chi connectivity index (χ0v) is 16.7. The van der Waals surface area contributed by atoms with Gasteiger partial charge in [-0.05, 0) is 33.2 Å². The molecule has 0 aromatic carbocycles. The predicted octanol–water partition coefficient (Wildman–Crippen LogP) is 1.06. The Hall–Kier alpha value is -1.93. The lowest BCUT2D eigenvalue weighted by Gasteiger charge is -2.35. The molecule has 2 saturated heterocycles.